The molecule has 0 radical (unpaired) electrons. The average molecular weight is 414 g/mol. The van der Waals surface area contributed by atoms with Crippen LogP contribution < -0.4 is 10.0 Å². The van der Waals surface area contributed by atoms with E-state index >= 15 is 0 Å². The van der Waals surface area contributed by atoms with E-state index in [1.807, 2.05) is 18.2 Å². The number of rotatable bonds is 4. The van der Waals surface area contributed by atoms with Gasteiger partial charge in [-0.05, 0) is 66.4 Å². The number of halogens is 1. The Hall–Kier alpha value is -2.10. The largest absolute Gasteiger partial charge is 0.457 e. The van der Waals surface area contributed by atoms with Crippen LogP contribution in [0.4, 0.5) is 0 Å². The molecule has 144 valence electrons. The summed E-state index contributed by atoms with van der Waals surface area (Å²) >= 11 is 5.89. The van der Waals surface area contributed by atoms with Crippen LogP contribution in [0.25, 0.3) is 0 Å². The van der Waals surface area contributed by atoms with Gasteiger partial charge in [-0.15, -0.1) is 4.83 Å². The number of hydroxylamine groups is 1. The summed E-state index contributed by atoms with van der Waals surface area (Å²) in [6, 6.07) is 24.3. The van der Waals surface area contributed by atoms with Crippen LogP contribution in [0.3, 0.4) is 0 Å². The molecule has 0 bridgehead atoms. The van der Waals surface area contributed by atoms with Crippen LogP contribution in [0.5, 0.6) is 11.5 Å². The maximum atomic E-state index is 13.7. The van der Waals surface area contributed by atoms with Crippen molar-refractivity contribution in [3.63, 3.8) is 0 Å². The maximum Gasteiger partial charge on any atom is 0.201 e. The summed E-state index contributed by atoms with van der Waals surface area (Å²) in [5, 5.41) is 11.7. The van der Waals surface area contributed by atoms with Crippen molar-refractivity contribution in [3.8, 4) is 11.5 Å². The number of benzene rings is 3. The standard InChI is InChI=1S/C22H21ClNO3P/c23-19-6-8-20(9-7-19)27-21-10-12-22(13-11-21)28(26)16-18(14-15-24(28)25)17-4-2-1-3-5-17/h1-13,18,25H,14-16H2. The summed E-state index contributed by atoms with van der Waals surface area (Å²) in [6.07, 6.45) is 1.20. The molecule has 1 aliphatic rings. The highest BCUT2D eigenvalue weighted by Gasteiger charge is 2.39. The van der Waals surface area contributed by atoms with Gasteiger partial charge in [-0.3, -0.25) is 4.57 Å². The van der Waals surface area contributed by atoms with Crippen LogP contribution >= 0.6 is 18.9 Å². The van der Waals surface area contributed by atoms with Gasteiger partial charge in [0.1, 0.15) is 11.5 Å². The lowest BCUT2D eigenvalue weighted by atomic mass is 9.98. The van der Waals surface area contributed by atoms with Crippen molar-refractivity contribution in [2.45, 2.75) is 12.3 Å². The molecule has 1 saturated heterocycles. The van der Waals surface area contributed by atoms with Crippen LogP contribution in [0.15, 0.2) is 78.9 Å². The third-order valence-electron chi connectivity index (χ3n) is 5.08. The number of hydrogen-bond donors (Lipinski definition) is 1. The fourth-order valence-electron chi connectivity index (χ4n) is 3.54. The van der Waals surface area contributed by atoms with Gasteiger partial charge in [-0.2, -0.15) is 0 Å². The second-order valence-electron chi connectivity index (χ2n) is 6.93. The third kappa shape index (κ3) is 4.01. The molecule has 0 aliphatic carbocycles. The van der Waals surface area contributed by atoms with E-state index in [2.05, 4.69) is 12.1 Å². The van der Waals surface area contributed by atoms with Crippen molar-refractivity contribution in [2.75, 3.05) is 12.7 Å². The zero-order chi connectivity index (χ0) is 19.6. The molecule has 3 aromatic rings. The highest BCUT2D eigenvalue weighted by molar-refractivity contribution is 7.69. The topological polar surface area (TPSA) is 49.8 Å². The molecule has 4 rings (SSSR count). The fraction of sp³-hybridized carbons (Fsp3) is 0.182. The zero-order valence-electron chi connectivity index (χ0n) is 15.2. The first-order valence-electron chi connectivity index (χ1n) is 9.19. The second-order valence-corrected chi connectivity index (χ2v) is 10.1. The molecular formula is C22H21ClNO3P. The van der Waals surface area contributed by atoms with E-state index in [0.29, 0.717) is 34.5 Å². The van der Waals surface area contributed by atoms with E-state index in [1.54, 1.807) is 48.5 Å². The molecular weight excluding hydrogens is 393 g/mol. The average Bonchev–Trinajstić information content (AvgIpc) is 2.73. The summed E-state index contributed by atoms with van der Waals surface area (Å²) in [4.78, 5) is 1.04. The maximum absolute atomic E-state index is 13.7. The minimum Gasteiger partial charge on any atom is -0.457 e. The molecule has 0 saturated carbocycles. The minimum atomic E-state index is -3.07. The van der Waals surface area contributed by atoms with Gasteiger partial charge in [0, 0.05) is 23.0 Å². The Bertz CT molecular complexity index is 977. The van der Waals surface area contributed by atoms with Crippen LogP contribution in [0.2, 0.25) is 5.02 Å². The first kappa shape index (κ1) is 19.2. The highest BCUT2D eigenvalue weighted by Crippen LogP contribution is 2.54. The molecule has 6 heteroatoms. The van der Waals surface area contributed by atoms with Crippen molar-refractivity contribution in [1.82, 2.24) is 4.83 Å². The Morgan fingerprint density at radius 1 is 0.929 bits per heavy atom. The Labute approximate surface area is 169 Å². The molecule has 2 atom stereocenters. The Balaban J connectivity index is 1.54. The zero-order valence-corrected chi connectivity index (χ0v) is 16.9. The van der Waals surface area contributed by atoms with Crippen LogP contribution in [0, 0.1) is 0 Å². The van der Waals surface area contributed by atoms with Gasteiger partial charge in [0.05, 0.1) is 0 Å². The quantitative estimate of drug-likeness (QED) is 0.540. The van der Waals surface area contributed by atoms with E-state index < -0.39 is 7.29 Å². The lowest BCUT2D eigenvalue weighted by molar-refractivity contribution is -0.00625. The van der Waals surface area contributed by atoms with Gasteiger partial charge < -0.3 is 9.94 Å². The van der Waals surface area contributed by atoms with Crippen molar-refractivity contribution in [1.29, 1.82) is 0 Å². The monoisotopic (exact) mass is 413 g/mol. The SMILES string of the molecule is O=P1(c2ccc(Oc3ccc(Cl)cc3)cc2)CC(c2ccccc2)CCN1O. The van der Waals surface area contributed by atoms with E-state index in [-0.39, 0.29) is 5.92 Å². The van der Waals surface area contributed by atoms with E-state index in [1.165, 1.54) is 5.56 Å². The predicted molar refractivity (Wildman–Crippen MR) is 112 cm³/mol. The van der Waals surface area contributed by atoms with E-state index in [9.17, 15) is 9.77 Å². The Morgan fingerprint density at radius 3 is 2.18 bits per heavy atom. The normalized spacial score (nSPS) is 22.7. The fourth-order valence-corrected chi connectivity index (χ4v) is 6.38. The first-order chi connectivity index (χ1) is 13.5. The lowest BCUT2D eigenvalue weighted by Crippen LogP contribution is -2.33. The molecule has 0 spiro atoms. The molecule has 4 nitrogen and oxygen atoms in total. The molecule has 0 amide bonds. The van der Waals surface area contributed by atoms with Crippen molar-refractivity contribution < 1.29 is 14.5 Å². The number of ether oxygens (including phenoxy) is 1. The van der Waals surface area contributed by atoms with Gasteiger partial charge in [-0.1, -0.05) is 41.9 Å². The lowest BCUT2D eigenvalue weighted by Gasteiger charge is -2.35. The second kappa shape index (κ2) is 8.10. The van der Waals surface area contributed by atoms with E-state index in [4.69, 9.17) is 16.3 Å². The molecule has 28 heavy (non-hydrogen) atoms. The summed E-state index contributed by atoms with van der Waals surface area (Å²) in [5.41, 5.74) is 1.17. The van der Waals surface area contributed by atoms with Crippen molar-refractivity contribution in [2.24, 2.45) is 0 Å². The summed E-state index contributed by atoms with van der Waals surface area (Å²) < 4.78 is 19.5. The smallest absolute Gasteiger partial charge is 0.201 e. The third-order valence-corrected chi connectivity index (χ3v) is 8.32. The summed E-state index contributed by atoms with van der Waals surface area (Å²) in [7, 11) is -3.07. The van der Waals surface area contributed by atoms with Gasteiger partial charge in [0.2, 0.25) is 7.29 Å². The van der Waals surface area contributed by atoms with Crippen molar-refractivity contribution >= 4 is 24.2 Å². The highest BCUT2D eigenvalue weighted by atomic mass is 35.5. The van der Waals surface area contributed by atoms with Gasteiger partial charge in [-0.25, -0.2) is 0 Å². The number of nitrogens with zero attached hydrogens (tertiary/aromatic N) is 1. The molecule has 2 unspecified atom stereocenters. The Kier molecular flexibility index (Phi) is 5.56. The first-order valence-corrected chi connectivity index (χ1v) is 11.4. The van der Waals surface area contributed by atoms with Crippen molar-refractivity contribution in [3.05, 3.63) is 89.4 Å². The van der Waals surface area contributed by atoms with Gasteiger partial charge in [0.15, 0.2) is 0 Å². The predicted octanol–water partition coefficient (Wildman–Crippen LogP) is 5.91. The minimum absolute atomic E-state index is 0.167. The van der Waals surface area contributed by atoms with Gasteiger partial charge >= 0.3 is 0 Å². The molecule has 3 aromatic carbocycles. The van der Waals surface area contributed by atoms with Crippen LogP contribution in [0.1, 0.15) is 17.9 Å². The summed E-state index contributed by atoms with van der Waals surface area (Å²) in [5.74, 6) is 1.48. The van der Waals surface area contributed by atoms with Gasteiger partial charge in [0.25, 0.3) is 0 Å². The van der Waals surface area contributed by atoms with Crippen LogP contribution in [-0.4, -0.2) is 22.7 Å². The molecule has 0 aromatic heterocycles. The Morgan fingerprint density at radius 2 is 1.54 bits per heavy atom. The van der Waals surface area contributed by atoms with E-state index in [0.717, 1.165) is 11.3 Å². The molecule has 1 heterocycles. The summed E-state index contributed by atoms with van der Waals surface area (Å²) in [6.45, 7) is 0.389. The molecule has 1 N–H and O–H groups in total. The molecule has 1 aliphatic heterocycles. The van der Waals surface area contributed by atoms with Crippen LogP contribution in [-0.2, 0) is 4.57 Å². The number of hydrogen-bond acceptors (Lipinski definition) is 3. The molecule has 1 fully saturated rings.